The molecule has 0 spiro atoms. The van der Waals surface area contributed by atoms with Crippen molar-refractivity contribution in [3.8, 4) is 0 Å². The van der Waals surface area contributed by atoms with Gasteiger partial charge in [0.15, 0.2) is 0 Å². The van der Waals surface area contributed by atoms with Gasteiger partial charge in [-0.15, -0.1) is 0 Å². The zero-order valence-electron chi connectivity index (χ0n) is 14.0. The Balaban J connectivity index is 1.85. The van der Waals surface area contributed by atoms with Crippen LogP contribution in [0.3, 0.4) is 0 Å². The first-order valence-corrected chi connectivity index (χ1v) is 8.09. The molecule has 0 aromatic heterocycles. The van der Waals surface area contributed by atoms with E-state index >= 15 is 0 Å². The van der Waals surface area contributed by atoms with Crippen molar-refractivity contribution in [1.82, 2.24) is 15.5 Å². The quantitative estimate of drug-likeness (QED) is 0.796. The van der Waals surface area contributed by atoms with Crippen LogP contribution in [-0.4, -0.2) is 57.0 Å². The van der Waals surface area contributed by atoms with Gasteiger partial charge in [0.25, 0.3) is 0 Å². The Morgan fingerprint density at radius 1 is 1.30 bits per heavy atom. The zero-order valence-corrected chi connectivity index (χ0v) is 14.0. The number of ether oxygens (including phenoxy) is 2. The summed E-state index contributed by atoms with van der Waals surface area (Å²) in [4.78, 5) is 14.3. The smallest absolute Gasteiger partial charge is 0.315 e. The van der Waals surface area contributed by atoms with E-state index in [2.05, 4.69) is 27.7 Å². The Morgan fingerprint density at radius 2 is 2.00 bits per heavy atom. The second-order valence-electron chi connectivity index (χ2n) is 5.84. The van der Waals surface area contributed by atoms with Crippen LogP contribution in [0, 0.1) is 0 Å². The lowest BCUT2D eigenvalue weighted by atomic mass is 10.1. The van der Waals surface area contributed by atoms with Gasteiger partial charge < -0.3 is 20.1 Å². The molecule has 1 atom stereocenters. The van der Waals surface area contributed by atoms with E-state index in [1.165, 1.54) is 5.56 Å². The van der Waals surface area contributed by atoms with Gasteiger partial charge in [0.2, 0.25) is 0 Å². The normalized spacial score (nSPS) is 16.8. The van der Waals surface area contributed by atoms with E-state index < -0.39 is 0 Å². The number of hydrogen-bond acceptors (Lipinski definition) is 4. The minimum atomic E-state index is -0.171. The number of nitrogens with zero attached hydrogens (tertiary/aromatic N) is 1. The first-order chi connectivity index (χ1) is 11.2. The summed E-state index contributed by atoms with van der Waals surface area (Å²) in [6, 6.07) is 8.05. The molecule has 0 saturated carbocycles. The number of nitrogens with one attached hydrogen (secondary N) is 2. The molecule has 1 heterocycles. The molecule has 1 aromatic carbocycles. The van der Waals surface area contributed by atoms with Crippen molar-refractivity contribution in [2.75, 3.05) is 40.0 Å². The lowest BCUT2D eigenvalue weighted by Crippen LogP contribution is -2.42. The highest BCUT2D eigenvalue weighted by Gasteiger charge is 2.13. The van der Waals surface area contributed by atoms with E-state index in [0.29, 0.717) is 13.2 Å². The van der Waals surface area contributed by atoms with Crippen molar-refractivity contribution in [2.24, 2.45) is 0 Å². The van der Waals surface area contributed by atoms with Crippen molar-refractivity contribution < 1.29 is 14.3 Å². The standard InChI is InChI=1S/C17H27N3O3/c1-14(13-22-2)19-17(21)18-11-15-5-3-4-6-16(15)12-20-7-9-23-10-8-20/h3-6,14H,7-13H2,1-2H3,(H2,18,19,21). The number of benzene rings is 1. The molecule has 1 unspecified atom stereocenters. The molecule has 128 valence electrons. The molecule has 0 aliphatic carbocycles. The van der Waals surface area contributed by atoms with Crippen molar-refractivity contribution in [2.45, 2.75) is 26.1 Å². The van der Waals surface area contributed by atoms with Gasteiger partial charge in [-0.2, -0.15) is 0 Å². The number of amides is 2. The SMILES string of the molecule is COCC(C)NC(=O)NCc1ccccc1CN1CCOCC1. The second-order valence-corrected chi connectivity index (χ2v) is 5.84. The molecule has 0 radical (unpaired) electrons. The maximum Gasteiger partial charge on any atom is 0.315 e. The summed E-state index contributed by atoms with van der Waals surface area (Å²) < 4.78 is 10.4. The number of carbonyl (C=O) groups excluding carboxylic acids is 1. The van der Waals surface area contributed by atoms with Gasteiger partial charge in [-0.25, -0.2) is 4.79 Å². The van der Waals surface area contributed by atoms with Gasteiger partial charge >= 0.3 is 6.03 Å². The Hall–Kier alpha value is -1.63. The summed E-state index contributed by atoms with van der Waals surface area (Å²) in [5.41, 5.74) is 2.40. The third-order valence-corrected chi connectivity index (χ3v) is 3.85. The molecule has 1 saturated heterocycles. The van der Waals surface area contributed by atoms with E-state index in [-0.39, 0.29) is 12.1 Å². The summed E-state index contributed by atoms with van der Waals surface area (Å²) >= 11 is 0. The summed E-state index contributed by atoms with van der Waals surface area (Å²) in [5.74, 6) is 0. The molecule has 6 nitrogen and oxygen atoms in total. The van der Waals surface area contributed by atoms with Crippen LogP contribution in [0.15, 0.2) is 24.3 Å². The Morgan fingerprint density at radius 3 is 2.70 bits per heavy atom. The molecule has 1 fully saturated rings. The molecule has 23 heavy (non-hydrogen) atoms. The van der Waals surface area contributed by atoms with Crippen molar-refractivity contribution in [3.05, 3.63) is 35.4 Å². The highest BCUT2D eigenvalue weighted by Crippen LogP contribution is 2.12. The van der Waals surface area contributed by atoms with Gasteiger partial charge in [0.05, 0.1) is 25.9 Å². The van der Waals surface area contributed by atoms with Gasteiger partial charge in [0, 0.05) is 33.3 Å². The van der Waals surface area contributed by atoms with Crippen LogP contribution >= 0.6 is 0 Å². The monoisotopic (exact) mass is 321 g/mol. The summed E-state index contributed by atoms with van der Waals surface area (Å²) in [5, 5.41) is 5.77. The number of carbonyl (C=O) groups is 1. The predicted octanol–water partition coefficient (Wildman–Crippen LogP) is 1.35. The van der Waals surface area contributed by atoms with Crippen LogP contribution in [0.5, 0.6) is 0 Å². The first-order valence-electron chi connectivity index (χ1n) is 8.09. The second kappa shape index (κ2) is 9.50. The Labute approximate surface area is 138 Å². The van der Waals surface area contributed by atoms with Crippen LogP contribution in [0.1, 0.15) is 18.1 Å². The third kappa shape index (κ3) is 6.17. The highest BCUT2D eigenvalue weighted by molar-refractivity contribution is 5.74. The third-order valence-electron chi connectivity index (χ3n) is 3.85. The van der Waals surface area contributed by atoms with Crippen LogP contribution in [-0.2, 0) is 22.6 Å². The van der Waals surface area contributed by atoms with E-state index in [1.807, 2.05) is 19.1 Å². The average molecular weight is 321 g/mol. The van der Waals surface area contributed by atoms with Gasteiger partial charge in [0.1, 0.15) is 0 Å². The summed E-state index contributed by atoms with van der Waals surface area (Å²) in [7, 11) is 1.62. The van der Waals surface area contributed by atoms with Crippen LogP contribution < -0.4 is 10.6 Å². The first kappa shape index (κ1) is 17.7. The number of methoxy groups -OCH3 is 1. The topological polar surface area (TPSA) is 62.8 Å². The summed E-state index contributed by atoms with van der Waals surface area (Å²) in [6.07, 6.45) is 0. The van der Waals surface area contributed by atoms with E-state index in [1.54, 1.807) is 7.11 Å². The average Bonchev–Trinajstić information content (AvgIpc) is 2.55. The van der Waals surface area contributed by atoms with Gasteiger partial charge in [-0.3, -0.25) is 4.90 Å². The lowest BCUT2D eigenvalue weighted by molar-refractivity contribution is 0.0341. The fourth-order valence-electron chi connectivity index (χ4n) is 2.63. The Kier molecular flexibility index (Phi) is 7.32. The lowest BCUT2D eigenvalue weighted by Gasteiger charge is -2.27. The number of urea groups is 1. The number of morpholine rings is 1. The fourth-order valence-corrected chi connectivity index (χ4v) is 2.63. The van der Waals surface area contributed by atoms with Gasteiger partial charge in [-0.05, 0) is 18.1 Å². The van der Waals surface area contributed by atoms with Crippen molar-refractivity contribution >= 4 is 6.03 Å². The van der Waals surface area contributed by atoms with Crippen LogP contribution in [0.25, 0.3) is 0 Å². The van der Waals surface area contributed by atoms with Gasteiger partial charge in [-0.1, -0.05) is 24.3 Å². The largest absolute Gasteiger partial charge is 0.383 e. The van der Waals surface area contributed by atoms with Crippen molar-refractivity contribution in [1.29, 1.82) is 0 Å². The maximum absolute atomic E-state index is 11.9. The number of rotatable bonds is 7. The molecule has 0 bridgehead atoms. The maximum atomic E-state index is 11.9. The summed E-state index contributed by atoms with van der Waals surface area (Å²) in [6.45, 7) is 7.32. The molecular weight excluding hydrogens is 294 g/mol. The van der Waals surface area contributed by atoms with E-state index in [9.17, 15) is 4.79 Å². The molecule has 1 aromatic rings. The highest BCUT2D eigenvalue weighted by atomic mass is 16.5. The Bertz CT molecular complexity index is 490. The molecule has 2 rings (SSSR count). The predicted molar refractivity (Wildman–Crippen MR) is 89.2 cm³/mol. The molecule has 6 heteroatoms. The van der Waals surface area contributed by atoms with Crippen LogP contribution in [0.2, 0.25) is 0 Å². The molecule has 1 aliphatic heterocycles. The molecule has 1 aliphatic rings. The molecule has 2 amide bonds. The van der Waals surface area contributed by atoms with E-state index in [4.69, 9.17) is 9.47 Å². The van der Waals surface area contributed by atoms with Crippen molar-refractivity contribution in [3.63, 3.8) is 0 Å². The minimum absolute atomic E-state index is 0.0106. The van der Waals surface area contributed by atoms with E-state index in [0.717, 1.165) is 38.4 Å². The van der Waals surface area contributed by atoms with Crippen LogP contribution in [0.4, 0.5) is 4.79 Å². The fraction of sp³-hybridized carbons (Fsp3) is 0.588. The zero-order chi connectivity index (χ0) is 16.5. The number of hydrogen-bond donors (Lipinski definition) is 2. The molecule has 2 N–H and O–H groups in total. The molecular formula is C17H27N3O3. The minimum Gasteiger partial charge on any atom is -0.383 e.